The standard InChI is InChI=1S/C12H18N4O/c1-3-10(17)4-6-13-12-14-11-8-9(2)5-7-16(11)15-12/h5,7-8,10,17H,3-4,6H2,1-2H3,(H,13,15). The van der Waals surface area contributed by atoms with E-state index in [-0.39, 0.29) is 6.10 Å². The van der Waals surface area contributed by atoms with Gasteiger partial charge in [-0.1, -0.05) is 6.92 Å². The van der Waals surface area contributed by atoms with Gasteiger partial charge in [-0.15, -0.1) is 5.10 Å². The molecule has 0 fully saturated rings. The molecule has 17 heavy (non-hydrogen) atoms. The van der Waals surface area contributed by atoms with Gasteiger partial charge in [0.15, 0.2) is 5.65 Å². The highest BCUT2D eigenvalue weighted by atomic mass is 16.3. The second-order valence-electron chi connectivity index (χ2n) is 4.22. The van der Waals surface area contributed by atoms with Gasteiger partial charge < -0.3 is 10.4 Å². The summed E-state index contributed by atoms with van der Waals surface area (Å²) in [6.45, 7) is 4.68. The second-order valence-corrected chi connectivity index (χ2v) is 4.22. The number of rotatable bonds is 5. The first kappa shape index (κ1) is 11.9. The number of anilines is 1. The number of hydrogen-bond donors (Lipinski definition) is 2. The van der Waals surface area contributed by atoms with Gasteiger partial charge in [0.05, 0.1) is 6.10 Å². The van der Waals surface area contributed by atoms with Crippen LogP contribution < -0.4 is 5.32 Å². The molecule has 1 atom stereocenters. The summed E-state index contributed by atoms with van der Waals surface area (Å²) >= 11 is 0. The number of nitrogens with zero attached hydrogens (tertiary/aromatic N) is 3. The van der Waals surface area contributed by atoms with E-state index in [1.54, 1.807) is 4.52 Å². The van der Waals surface area contributed by atoms with Gasteiger partial charge in [-0.2, -0.15) is 4.98 Å². The van der Waals surface area contributed by atoms with Crippen molar-refractivity contribution < 1.29 is 5.11 Å². The van der Waals surface area contributed by atoms with E-state index >= 15 is 0 Å². The fourth-order valence-corrected chi connectivity index (χ4v) is 1.61. The molecule has 0 aromatic carbocycles. The van der Waals surface area contributed by atoms with Gasteiger partial charge in [-0.25, -0.2) is 4.52 Å². The summed E-state index contributed by atoms with van der Waals surface area (Å²) in [5, 5.41) is 16.8. The summed E-state index contributed by atoms with van der Waals surface area (Å²) < 4.78 is 1.74. The van der Waals surface area contributed by atoms with Crippen LogP contribution >= 0.6 is 0 Å². The van der Waals surface area contributed by atoms with E-state index < -0.39 is 0 Å². The topological polar surface area (TPSA) is 62.5 Å². The molecule has 2 rings (SSSR count). The lowest BCUT2D eigenvalue weighted by Crippen LogP contribution is -2.12. The molecule has 0 aliphatic rings. The third-order valence-electron chi connectivity index (χ3n) is 2.72. The second kappa shape index (κ2) is 5.14. The van der Waals surface area contributed by atoms with Gasteiger partial charge in [0.1, 0.15) is 0 Å². The molecular formula is C12H18N4O. The van der Waals surface area contributed by atoms with Crippen molar-refractivity contribution >= 4 is 11.6 Å². The maximum absolute atomic E-state index is 9.43. The number of aromatic nitrogens is 3. The molecule has 2 aromatic rings. The minimum absolute atomic E-state index is 0.248. The van der Waals surface area contributed by atoms with Crippen molar-refractivity contribution in [3.05, 3.63) is 23.9 Å². The monoisotopic (exact) mass is 234 g/mol. The molecule has 0 aliphatic heterocycles. The normalized spacial score (nSPS) is 12.9. The molecule has 5 heteroatoms. The van der Waals surface area contributed by atoms with Gasteiger partial charge in [0.25, 0.3) is 0 Å². The summed E-state index contributed by atoms with van der Waals surface area (Å²) in [4.78, 5) is 4.36. The Labute approximate surface area is 100 Å². The van der Waals surface area contributed by atoms with Crippen LogP contribution in [-0.2, 0) is 0 Å². The van der Waals surface area contributed by atoms with Gasteiger partial charge in [-0.05, 0) is 37.5 Å². The summed E-state index contributed by atoms with van der Waals surface area (Å²) in [5.41, 5.74) is 2.00. The van der Waals surface area contributed by atoms with Crippen molar-refractivity contribution in [2.24, 2.45) is 0 Å². The predicted molar refractivity (Wildman–Crippen MR) is 67.1 cm³/mol. The van der Waals surface area contributed by atoms with Gasteiger partial charge in [-0.3, -0.25) is 0 Å². The molecule has 2 heterocycles. The highest BCUT2D eigenvalue weighted by molar-refractivity contribution is 5.45. The zero-order chi connectivity index (χ0) is 12.3. The van der Waals surface area contributed by atoms with Gasteiger partial charge in [0, 0.05) is 12.7 Å². The number of aliphatic hydroxyl groups is 1. The average molecular weight is 234 g/mol. The maximum atomic E-state index is 9.43. The van der Waals surface area contributed by atoms with E-state index in [1.807, 2.05) is 32.2 Å². The summed E-state index contributed by atoms with van der Waals surface area (Å²) in [5.74, 6) is 0.610. The maximum Gasteiger partial charge on any atom is 0.243 e. The van der Waals surface area contributed by atoms with Crippen molar-refractivity contribution in [2.75, 3.05) is 11.9 Å². The first-order valence-electron chi connectivity index (χ1n) is 5.94. The first-order chi connectivity index (χ1) is 8.19. The number of hydrogen-bond acceptors (Lipinski definition) is 4. The number of nitrogens with one attached hydrogen (secondary N) is 1. The van der Waals surface area contributed by atoms with Gasteiger partial charge in [0.2, 0.25) is 5.95 Å². The van der Waals surface area contributed by atoms with Crippen molar-refractivity contribution in [1.82, 2.24) is 14.6 Å². The number of aliphatic hydroxyl groups excluding tert-OH is 1. The van der Waals surface area contributed by atoms with Crippen LogP contribution in [0, 0.1) is 6.92 Å². The van der Waals surface area contributed by atoms with E-state index in [0.717, 1.165) is 17.6 Å². The minimum atomic E-state index is -0.248. The Morgan fingerprint density at radius 3 is 3.12 bits per heavy atom. The Hall–Kier alpha value is -1.62. The van der Waals surface area contributed by atoms with Crippen LogP contribution in [-0.4, -0.2) is 32.4 Å². The molecule has 0 radical (unpaired) electrons. The third kappa shape index (κ3) is 2.94. The average Bonchev–Trinajstić information content (AvgIpc) is 2.70. The minimum Gasteiger partial charge on any atom is -0.393 e. The molecule has 0 saturated carbocycles. The lowest BCUT2D eigenvalue weighted by Gasteiger charge is -2.06. The van der Waals surface area contributed by atoms with Crippen molar-refractivity contribution in [2.45, 2.75) is 32.8 Å². The highest BCUT2D eigenvalue weighted by Gasteiger charge is 2.04. The lowest BCUT2D eigenvalue weighted by atomic mass is 10.2. The van der Waals surface area contributed by atoms with Crippen LogP contribution in [0.2, 0.25) is 0 Å². The van der Waals surface area contributed by atoms with Crippen molar-refractivity contribution in [3.63, 3.8) is 0 Å². The van der Waals surface area contributed by atoms with Crippen LogP contribution in [0.5, 0.6) is 0 Å². The van der Waals surface area contributed by atoms with Crippen LogP contribution in [0.4, 0.5) is 5.95 Å². The Morgan fingerprint density at radius 2 is 2.35 bits per heavy atom. The van der Waals surface area contributed by atoms with E-state index in [2.05, 4.69) is 15.4 Å². The van der Waals surface area contributed by atoms with E-state index in [1.165, 1.54) is 0 Å². The molecule has 2 N–H and O–H groups in total. The van der Waals surface area contributed by atoms with Crippen molar-refractivity contribution in [3.8, 4) is 0 Å². The van der Waals surface area contributed by atoms with Crippen LogP contribution in [0.15, 0.2) is 18.3 Å². The lowest BCUT2D eigenvalue weighted by molar-refractivity contribution is 0.164. The number of fused-ring (bicyclic) bond motifs is 1. The van der Waals surface area contributed by atoms with E-state index in [4.69, 9.17) is 0 Å². The first-order valence-corrected chi connectivity index (χ1v) is 5.94. The van der Waals surface area contributed by atoms with Gasteiger partial charge >= 0.3 is 0 Å². The molecule has 0 spiro atoms. The summed E-state index contributed by atoms with van der Waals surface area (Å²) in [6, 6.07) is 3.98. The molecule has 0 saturated heterocycles. The van der Waals surface area contributed by atoms with Crippen LogP contribution in [0.25, 0.3) is 5.65 Å². The largest absolute Gasteiger partial charge is 0.393 e. The smallest absolute Gasteiger partial charge is 0.243 e. The van der Waals surface area contributed by atoms with E-state index in [9.17, 15) is 5.11 Å². The summed E-state index contributed by atoms with van der Waals surface area (Å²) in [6.07, 6.45) is 3.13. The molecule has 5 nitrogen and oxygen atoms in total. The summed E-state index contributed by atoms with van der Waals surface area (Å²) in [7, 11) is 0. The Kier molecular flexibility index (Phi) is 3.58. The molecule has 92 valence electrons. The quantitative estimate of drug-likeness (QED) is 0.825. The molecule has 0 aliphatic carbocycles. The molecule has 0 bridgehead atoms. The third-order valence-corrected chi connectivity index (χ3v) is 2.72. The van der Waals surface area contributed by atoms with Crippen molar-refractivity contribution in [1.29, 1.82) is 0 Å². The highest BCUT2D eigenvalue weighted by Crippen LogP contribution is 2.07. The number of aryl methyl sites for hydroxylation is 1. The van der Waals surface area contributed by atoms with Crippen LogP contribution in [0.3, 0.4) is 0 Å². The number of pyridine rings is 1. The molecular weight excluding hydrogens is 216 g/mol. The Balaban J connectivity index is 1.99. The zero-order valence-electron chi connectivity index (χ0n) is 10.2. The zero-order valence-corrected chi connectivity index (χ0v) is 10.2. The molecule has 0 amide bonds. The predicted octanol–water partition coefficient (Wildman–Crippen LogP) is 1.61. The van der Waals surface area contributed by atoms with Crippen LogP contribution in [0.1, 0.15) is 25.3 Å². The molecule has 1 unspecified atom stereocenters. The fourth-order valence-electron chi connectivity index (χ4n) is 1.61. The Bertz CT molecular complexity index is 494. The fraction of sp³-hybridized carbons (Fsp3) is 0.500. The Morgan fingerprint density at radius 1 is 1.53 bits per heavy atom. The van der Waals surface area contributed by atoms with E-state index in [0.29, 0.717) is 18.9 Å². The SMILES string of the molecule is CCC(O)CCNc1nc2cc(C)ccn2n1. The molecule has 2 aromatic heterocycles.